The van der Waals surface area contributed by atoms with Crippen molar-refractivity contribution in [2.45, 2.75) is 26.4 Å². The quantitative estimate of drug-likeness (QED) is 0.619. The van der Waals surface area contributed by atoms with E-state index in [0.717, 1.165) is 4.68 Å². The first-order chi connectivity index (χ1) is 9.67. The molecule has 0 bridgehead atoms. The maximum atomic E-state index is 11.7. The molecule has 7 nitrogen and oxygen atoms in total. The van der Waals surface area contributed by atoms with Crippen LogP contribution in [0.1, 0.15) is 20.8 Å². The lowest BCUT2D eigenvalue weighted by Gasteiger charge is -2.19. The number of ether oxygens (including phenoxy) is 2. The van der Waals surface area contributed by atoms with Crippen LogP contribution in [-0.2, 0) is 4.74 Å². The van der Waals surface area contributed by atoms with E-state index in [9.17, 15) is 9.59 Å². The second-order valence-corrected chi connectivity index (χ2v) is 6.10. The summed E-state index contributed by atoms with van der Waals surface area (Å²) in [5.41, 5.74) is -0.375. The Morgan fingerprint density at radius 3 is 2.57 bits per heavy atom. The molecule has 2 rings (SSSR count). The predicted molar refractivity (Wildman–Crippen MR) is 77.7 cm³/mol. The van der Waals surface area contributed by atoms with E-state index in [1.165, 1.54) is 12.3 Å². The number of hydrogen-bond acceptors (Lipinski definition) is 5. The lowest BCUT2D eigenvalue weighted by Crippen LogP contribution is -2.26. The molecule has 0 atom stereocenters. The standard InChI is InChI=1S/C13H13BrN2O5/c1-13(2,3)21-12(19)20-10-5-9-7(4-8(10)14)6-15-16(9)11(17)18/h4-6H,1-3H3,(H,17,18). The summed E-state index contributed by atoms with van der Waals surface area (Å²) in [5.74, 6) is 0.153. The van der Waals surface area contributed by atoms with Crippen molar-refractivity contribution < 1.29 is 24.2 Å². The summed E-state index contributed by atoms with van der Waals surface area (Å²) >= 11 is 3.25. The number of nitrogens with zero attached hydrogens (tertiary/aromatic N) is 2. The third kappa shape index (κ3) is 3.52. The van der Waals surface area contributed by atoms with Gasteiger partial charge in [-0.2, -0.15) is 9.78 Å². The molecule has 0 unspecified atom stereocenters. The van der Waals surface area contributed by atoms with E-state index in [-0.39, 0.29) is 5.75 Å². The first kappa shape index (κ1) is 15.3. The molecule has 1 heterocycles. The molecule has 1 aromatic heterocycles. The van der Waals surface area contributed by atoms with Crippen LogP contribution in [0.4, 0.5) is 9.59 Å². The average Bonchev–Trinajstić information content (AvgIpc) is 2.69. The van der Waals surface area contributed by atoms with E-state index in [2.05, 4.69) is 21.0 Å². The van der Waals surface area contributed by atoms with E-state index in [1.54, 1.807) is 26.8 Å². The van der Waals surface area contributed by atoms with Gasteiger partial charge in [0.2, 0.25) is 0 Å². The number of carbonyl (C=O) groups excluding carboxylic acids is 1. The number of carboxylic acid groups (broad SMARTS) is 1. The van der Waals surface area contributed by atoms with Crippen LogP contribution in [-0.4, -0.2) is 32.7 Å². The molecule has 0 radical (unpaired) electrons. The minimum absolute atomic E-state index is 0.153. The Labute approximate surface area is 128 Å². The SMILES string of the molecule is CC(C)(C)OC(=O)Oc1cc2c(cnn2C(=O)O)cc1Br. The van der Waals surface area contributed by atoms with Crippen LogP contribution >= 0.6 is 15.9 Å². The third-order valence-electron chi connectivity index (χ3n) is 2.39. The third-order valence-corrected chi connectivity index (χ3v) is 3.01. The fourth-order valence-electron chi connectivity index (χ4n) is 1.62. The number of halogens is 1. The van der Waals surface area contributed by atoms with Crippen LogP contribution in [0.3, 0.4) is 0 Å². The number of carbonyl (C=O) groups is 2. The second kappa shape index (κ2) is 5.36. The normalized spacial score (nSPS) is 11.4. The number of hydrogen-bond donors (Lipinski definition) is 1. The first-order valence-corrected chi connectivity index (χ1v) is 6.78. The summed E-state index contributed by atoms with van der Waals surface area (Å²) in [5, 5.41) is 13.4. The van der Waals surface area contributed by atoms with Crippen molar-refractivity contribution >= 4 is 39.1 Å². The molecular formula is C13H13BrN2O5. The molecule has 21 heavy (non-hydrogen) atoms. The van der Waals surface area contributed by atoms with Crippen LogP contribution in [0.2, 0.25) is 0 Å². The Balaban J connectivity index is 2.35. The summed E-state index contributed by atoms with van der Waals surface area (Å²) in [4.78, 5) is 22.7. The van der Waals surface area contributed by atoms with Gasteiger partial charge in [-0.15, -0.1) is 0 Å². The summed E-state index contributed by atoms with van der Waals surface area (Å²) in [7, 11) is 0. The van der Waals surface area contributed by atoms with Crippen LogP contribution < -0.4 is 4.74 Å². The van der Waals surface area contributed by atoms with Gasteiger partial charge >= 0.3 is 12.2 Å². The number of rotatable bonds is 1. The molecule has 0 spiro atoms. The predicted octanol–water partition coefficient (Wildman–Crippen LogP) is 3.64. The maximum absolute atomic E-state index is 11.7. The van der Waals surface area contributed by atoms with Crippen LogP contribution in [0, 0.1) is 0 Å². The van der Waals surface area contributed by atoms with Gasteiger partial charge in [0, 0.05) is 11.5 Å². The highest BCUT2D eigenvalue weighted by molar-refractivity contribution is 9.10. The van der Waals surface area contributed by atoms with Crippen molar-refractivity contribution in [2.75, 3.05) is 0 Å². The number of benzene rings is 1. The maximum Gasteiger partial charge on any atom is 0.514 e. The molecule has 0 amide bonds. The molecule has 2 aromatic rings. The highest BCUT2D eigenvalue weighted by Gasteiger charge is 2.20. The molecular weight excluding hydrogens is 344 g/mol. The largest absolute Gasteiger partial charge is 0.514 e. The Hall–Kier alpha value is -2.09. The molecule has 8 heteroatoms. The zero-order valence-electron chi connectivity index (χ0n) is 11.6. The van der Waals surface area contributed by atoms with Crippen LogP contribution in [0.15, 0.2) is 22.8 Å². The molecule has 1 aromatic carbocycles. The van der Waals surface area contributed by atoms with Crippen LogP contribution in [0.5, 0.6) is 5.75 Å². The van der Waals surface area contributed by atoms with Gasteiger partial charge in [0.1, 0.15) is 5.60 Å². The van der Waals surface area contributed by atoms with Gasteiger partial charge in [-0.1, -0.05) is 0 Å². The molecule has 0 aliphatic heterocycles. The minimum Gasteiger partial charge on any atom is -0.463 e. The zero-order chi connectivity index (χ0) is 15.8. The fraction of sp³-hybridized carbons (Fsp3) is 0.308. The van der Waals surface area contributed by atoms with Crippen molar-refractivity contribution in [2.24, 2.45) is 0 Å². The van der Waals surface area contributed by atoms with Crippen molar-refractivity contribution in [1.29, 1.82) is 0 Å². The Morgan fingerprint density at radius 2 is 2.00 bits per heavy atom. The van der Waals surface area contributed by atoms with Crippen molar-refractivity contribution in [3.8, 4) is 5.75 Å². The minimum atomic E-state index is -1.23. The van der Waals surface area contributed by atoms with Gasteiger partial charge in [0.05, 0.1) is 16.2 Å². The van der Waals surface area contributed by atoms with E-state index in [0.29, 0.717) is 15.4 Å². The molecule has 0 saturated heterocycles. The van der Waals surface area contributed by atoms with E-state index in [1.807, 2.05) is 0 Å². The summed E-state index contributed by atoms with van der Waals surface area (Å²) in [6.07, 6.45) is -0.689. The molecule has 0 aliphatic carbocycles. The summed E-state index contributed by atoms with van der Waals surface area (Å²) in [6, 6.07) is 3.02. The number of fused-ring (bicyclic) bond motifs is 1. The topological polar surface area (TPSA) is 90.7 Å². The Kier molecular flexibility index (Phi) is 3.91. The molecule has 1 N–H and O–H groups in total. The van der Waals surface area contributed by atoms with Crippen molar-refractivity contribution in [3.05, 3.63) is 22.8 Å². The molecule has 0 fully saturated rings. The van der Waals surface area contributed by atoms with Crippen molar-refractivity contribution in [3.63, 3.8) is 0 Å². The van der Waals surface area contributed by atoms with Gasteiger partial charge in [0.15, 0.2) is 5.75 Å². The second-order valence-electron chi connectivity index (χ2n) is 5.25. The van der Waals surface area contributed by atoms with E-state index >= 15 is 0 Å². The van der Waals surface area contributed by atoms with Gasteiger partial charge in [-0.3, -0.25) is 0 Å². The van der Waals surface area contributed by atoms with E-state index < -0.39 is 17.8 Å². The Morgan fingerprint density at radius 1 is 1.33 bits per heavy atom. The summed E-state index contributed by atoms with van der Waals surface area (Å²) in [6.45, 7) is 5.14. The molecule has 0 saturated carbocycles. The van der Waals surface area contributed by atoms with Gasteiger partial charge < -0.3 is 14.6 Å². The average molecular weight is 357 g/mol. The number of aromatic nitrogens is 2. The molecule has 0 aliphatic rings. The highest BCUT2D eigenvalue weighted by atomic mass is 79.9. The monoisotopic (exact) mass is 356 g/mol. The van der Waals surface area contributed by atoms with E-state index in [4.69, 9.17) is 14.6 Å². The smallest absolute Gasteiger partial charge is 0.463 e. The first-order valence-electron chi connectivity index (χ1n) is 5.99. The van der Waals surface area contributed by atoms with Gasteiger partial charge in [-0.25, -0.2) is 9.59 Å². The Bertz CT molecular complexity index is 717. The fourth-order valence-corrected chi connectivity index (χ4v) is 2.06. The molecule has 112 valence electrons. The van der Waals surface area contributed by atoms with Crippen molar-refractivity contribution in [1.82, 2.24) is 9.78 Å². The van der Waals surface area contributed by atoms with Gasteiger partial charge in [0.25, 0.3) is 0 Å². The highest BCUT2D eigenvalue weighted by Crippen LogP contribution is 2.31. The summed E-state index contributed by atoms with van der Waals surface area (Å²) < 4.78 is 11.4. The zero-order valence-corrected chi connectivity index (χ0v) is 13.2. The lowest BCUT2D eigenvalue weighted by molar-refractivity contribution is 0.0205. The van der Waals surface area contributed by atoms with Crippen LogP contribution in [0.25, 0.3) is 10.9 Å². The van der Waals surface area contributed by atoms with Gasteiger partial charge in [-0.05, 0) is 42.8 Å². The lowest BCUT2D eigenvalue weighted by atomic mass is 10.2.